The van der Waals surface area contributed by atoms with Crippen molar-refractivity contribution in [2.24, 2.45) is 0 Å². The maximum atomic E-state index is 11.9. The summed E-state index contributed by atoms with van der Waals surface area (Å²) in [6.07, 6.45) is 0. The Labute approximate surface area is 106 Å². The number of phenolic OH excluding ortho intramolecular Hbond substituents is 1. The Balaban J connectivity index is 2.21. The zero-order chi connectivity index (χ0) is 13.1. The molecule has 0 spiro atoms. The molecule has 2 rings (SSSR count). The fourth-order valence-corrected chi connectivity index (χ4v) is 1.58. The van der Waals surface area contributed by atoms with Gasteiger partial charge in [-0.15, -0.1) is 0 Å². The van der Waals surface area contributed by atoms with Gasteiger partial charge in [-0.2, -0.15) is 0 Å². The summed E-state index contributed by atoms with van der Waals surface area (Å²) >= 11 is 0. The Morgan fingerprint density at radius 2 is 1.61 bits per heavy atom. The van der Waals surface area contributed by atoms with Crippen LogP contribution in [-0.2, 0) is 0 Å². The highest BCUT2D eigenvalue weighted by molar-refractivity contribution is 5.94. The minimum absolute atomic E-state index is 0.0716. The molecule has 0 heterocycles. The molecular formula is C15H14O3. The van der Waals surface area contributed by atoms with Crippen molar-refractivity contribution in [2.75, 3.05) is 0 Å². The number of carbonyl (C=O) groups is 1. The van der Waals surface area contributed by atoms with E-state index in [1.165, 1.54) is 6.07 Å². The molecule has 92 valence electrons. The van der Waals surface area contributed by atoms with Crippen LogP contribution in [0.15, 0.2) is 42.5 Å². The molecule has 0 amide bonds. The molecule has 2 aromatic rings. The highest BCUT2D eigenvalue weighted by atomic mass is 16.5. The minimum Gasteiger partial charge on any atom is -0.507 e. The number of hydrogen-bond donors (Lipinski definition) is 1. The van der Waals surface area contributed by atoms with Crippen molar-refractivity contribution in [1.29, 1.82) is 0 Å². The Bertz CT molecular complexity index is 571. The summed E-state index contributed by atoms with van der Waals surface area (Å²) in [5, 5.41) is 9.63. The van der Waals surface area contributed by atoms with Gasteiger partial charge in [0.15, 0.2) is 0 Å². The van der Waals surface area contributed by atoms with Gasteiger partial charge in [0.1, 0.15) is 17.1 Å². The second kappa shape index (κ2) is 4.92. The van der Waals surface area contributed by atoms with E-state index in [2.05, 4.69) is 0 Å². The lowest BCUT2D eigenvalue weighted by Crippen LogP contribution is -2.09. The second-order valence-corrected chi connectivity index (χ2v) is 4.22. The molecule has 0 bridgehead atoms. The second-order valence-electron chi connectivity index (χ2n) is 4.22. The van der Waals surface area contributed by atoms with Crippen LogP contribution in [0.2, 0.25) is 0 Å². The molecule has 3 heteroatoms. The van der Waals surface area contributed by atoms with Gasteiger partial charge in [0.2, 0.25) is 0 Å². The monoisotopic (exact) mass is 242 g/mol. The normalized spacial score (nSPS) is 10.1. The molecule has 0 saturated carbocycles. The van der Waals surface area contributed by atoms with E-state index < -0.39 is 5.97 Å². The number of ether oxygens (including phenoxy) is 1. The quantitative estimate of drug-likeness (QED) is 0.649. The van der Waals surface area contributed by atoms with Crippen LogP contribution < -0.4 is 4.74 Å². The van der Waals surface area contributed by atoms with Crippen molar-refractivity contribution < 1.29 is 14.6 Å². The first kappa shape index (κ1) is 12.2. The van der Waals surface area contributed by atoms with Crippen molar-refractivity contribution >= 4 is 5.97 Å². The fourth-order valence-electron chi connectivity index (χ4n) is 1.58. The third-order valence-corrected chi connectivity index (χ3v) is 2.60. The van der Waals surface area contributed by atoms with E-state index in [0.717, 1.165) is 11.1 Å². The van der Waals surface area contributed by atoms with Gasteiger partial charge in [-0.1, -0.05) is 29.3 Å². The van der Waals surface area contributed by atoms with Crippen LogP contribution in [0.5, 0.6) is 11.5 Å². The molecule has 0 aromatic heterocycles. The predicted octanol–water partition coefficient (Wildman–Crippen LogP) is 3.23. The Hall–Kier alpha value is -2.29. The minimum atomic E-state index is -0.556. The summed E-state index contributed by atoms with van der Waals surface area (Å²) in [6, 6.07) is 12.0. The molecule has 0 radical (unpaired) electrons. The van der Waals surface area contributed by atoms with Gasteiger partial charge < -0.3 is 9.84 Å². The van der Waals surface area contributed by atoms with E-state index in [9.17, 15) is 9.90 Å². The van der Waals surface area contributed by atoms with Gasteiger partial charge >= 0.3 is 5.97 Å². The van der Waals surface area contributed by atoms with Crippen molar-refractivity contribution in [3.05, 3.63) is 59.2 Å². The van der Waals surface area contributed by atoms with Gasteiger partial charge in [0, 0.05) is 0 Å². The first-order valence-corrected chi connectivity index (χ1v) is 5.65. The molecule has 0 fully saturated rings. The van der Waals surface area contributed by atoms with E-state index in [1.807, 2.05) is 26.0 Å². The molecule has 18 heavy (non-hydrogen) atoms. The summed E-state index contributed by atoms with van der Waals surface area (Å²) in [7, 11) is 0. The molecule has 0 saturated heterocycles. The molecule has 0 aliphatic rings. The average molecular weight is 242 g/mol. The number of esters is 1. The number of phenols is 1. The topological polar surface area (TPSA) is 46.5 Å². The van der Waals surface area contributed by atoms with Crippen LogP contribution in [0.25, 0.3) is 0 Å². The SMILES string of the molecule is Cc1ccc(OC(=O)c2cc(C)ccc2O)cc1. The van der Waals surface area contributed by atoms with Crippen molar-refractivity contribution in [1.82, 2.24) is 0 Å². The van der Waals surface area contributed by atoms with Crippen LogP contribution >= 0.6 is 0 Å². The van der Waals surface area contributed by atoms with Gasteiger partial charge in [-0.3, -0.25) is 0 Å². The Kier molecular flexibility index (Phi) is 3.33. The van der Waals surface area contributed by atoms with E-state index >= 15 is 0 Å². The van der Waals surface area contributed by atoms with Crippen molar-refractivity contribution in [2.45, 2.75) is 13.8 Å². The number of rotatable bonds is 2. The summed E-state index contributed by atoms with van der Waals surface area (Å²) in [6.45, 7) is 3.81. The molecule has 0 aliphatic carbocycles. The molecule has 0 unspecified atom stereocenters. The van der Waals surface area contributed by atoms with E-state index in [4.69, 9.17) is 4.74 Å². The first-order chi connectivity index (χ1) is 8.56. The van der Waals surface area contributed by atoms with Gasteiger partial charge in [-0.05, 0) is 38.1 Å². The van der Waals surface area contributed by atoms with Gasteiger partial charge in [-0.25, -0.2) is 4.79 Å². The maximum Gasteiger partial charge on any atom is 0.347 e. The molecule has 1 N–H and O–H groups in total. The standard InChI is InChI=1S/C15H14O3/c1-10-3-6-12(7-4-10)18-15(17)13-9-11(2)5-8-14(13)16/h3-9,16H,1-2H3. The average Bonchev–Trinajstić information content (AvgIpc) is 2.35. The summed E-state index contributed by atoms with van der Waals surface area (Å²) in [4.78, 5) is 11.9. The largest absolute Gasteiger partial charge is 0.507 e. The number of aromatic hydroxyl groups is 1. The highest BCUT2D eigenvalue weighted by Gasteiger charge is 2.13. The third kappa shape index (κ3) is 2.69. The van der Waals surface area contributed by atoms with E-state index in [0.29, 0.717) is 5.75 Å². The maximum absolute atomic E-state index is 11.9. The van der Waals surface area contributed by atoms with Crippen LogP contribution in [0.1, 0.15) is 21.5 Å². The molecule has 3 nitrogen and oxygen atoms in total. The molecule has 0 atom stereocenters. The van der Waals surface area contributed by atoms with Crippen LogP contribution in [0.3, 0.4) is 0 Å². The Morgan fingerprint density at radius 1 is 1.00 bits per heavy atom. The summed E-state index contributed by atoms with van der Waals surface area (Å²) < 4.78 is 5.19. The van der Waals surface area contributed by atoms with Crippen LogP contribution in [0.4, 0.5) is 0 Å². The van der Waals surface area contributed by atoms with Crippen molar-refractivity contribution in [3.8, 4) is 11.5 Å². The zero-order valence-corrected chi connectivity index (χ0v) is 10.3. The van der Waals surface area contributed by atoms with Crippen molar-refractivity contribution in [3.63, 3.8) is 0 Å². The van der Waals surface area contributed by atoms with Gasteiger partial charge in [0.25, 0.3) is 0 Å². The smallest absolute Gasteiger partial charge is 0.347 e. The molecular weight excluding hydrogens is 228 g/mol. The Morgan fingerprint density at radius 3 is 2.28 bits per heavy atom. The zero-order valence-electron chi connectivity index (χ0n) is 10.3. The number of hydrogen-bond acceptors (Lipinski definition) is 3. The summed E-state index contributed by atoms with van der Waals surface area (Å²) in [5.74, 6) is -0.163. The number of benzene rings is 2. The summed E-state index contributed by atoms with van der Waals surface area (Å²) in [5.41, 5.74) is 2.16. The third-order valence-electron chi connectivity index (χ3n) is 2.60. The fraction of sp³-hybridized carbons (Fsp3) is 0.133. The lowest BCUT2D eigenvalue weighted by Gasteiger charge is -2.06. The highest BCUT2D eigenvalue weighted by Crippen LogP contribution is 2.21. The van der Waals surface area contributed by atoms with E-state index in [-0.39, 0.29) is 11.3 Å². The first-order valence-electron chi connectivity index (χ1n) is 5.65. The number of aryl methyl sites for hydroxylation is 2. The predicted molar refractivity (Wildman–Crippen MR) is 69.0 cm³/mol. The van der Waals surface area contributed by atoms with Crippen LogP contribution in [0, 0.1) is 13.8 Å². The molecule has 2 aromatic carbocycles. The molecule has 0 aliphatic heterocycles. The van der Waals surface area contributed by atoms with Crippen LogP contribution in [-0.4, -0.2) is 11.1 Å². The lowest BCUT2D eigenvalue weighted by atomic mass is 10.1. The van der Waals surface area contributed by atoms with Gasteiger partial charge in [0.05, 0.1) is 0 Å². The lowest BCUT2D eigenvalue weighted by molar-refractivity contribution is 0.0731. The number of carbonyl (C=O) groups excluding carboxylic acids is 1. The van der Waals surface area contributed by atoms with E-state index in [1.54, 1.807) is 24.3 Å².